The molecule has 0 bridgehead atoms. The molecular formula is C22H25NO4. The molecule has 1 N–H and O–H groups in total. The van der Waals surface area contributed by atoms with Crippen LogP contribution in [0.1, 0.15) is 44.4 Å². The van der Waals surface area contributed by atoms with E-state index < -0.39 is 23.6 Å². The average molecular weight is 367 g/mol. The highest BCUT2D eigenvalue weighted by molar-refractivity contribution is 5.87. The fourth-order valence-corrected chi connectivity index (χ4v) is 4.18. The van der Waals surface area contributed by atoms with E-state index in [4.69, 9.17) is 4.74 Å². The number of methoxy groups -OCH3 is 1. The van der Waals surface area contributed by atoms with Crippen LogP contribution in [-0.4, -0.2) is 34.7 Å². The number of nitrogens with zero attached hydrogens (tertiary/aromatic N) is 1. The lowest BCUT2D eigenvalue weighted by atomic mass is 9.86. The Morgan fingerprint density at radius 2 is 1.56 bits per heavy atom. The number of hydrogen-bond acceptors (Lipinski definition) is 3. The second kappa shape index (κ2) is 7.06. The molecule has 1 aliphatic rings. The normalized spacial score (nSPS) is 15.0. The van der Waals surface area contributed by atoms with Gasteiger partial charge >= 0.3 is 12.1 Å². The van der Waals surface area contributed by atoms with Crippen molar-refractivity contribution in [1.82, 2.24) is 4.90 Å². The molecule has 0 unspecified atom stereocenters. The number of carbonyl (C=O) groups is 2. The molecule has 1 amide bonds. The molecule has 2 aromatic rings. The van der Waals surface area contributed by atoms with E-state index in [9.17, 15) is 14.7 Å². The maximum absolute atomic E-state index is 12.9. The Morgan fingerprint density at radius 1 is 1.07 bits per heavy atom. The summed E-state index contributed by atoms with van der Waals surface area (Å²) in [6.45, 7) is 5.51. The third kappa shape index (κ3) is 3.07. The topological polar surface area (TPSA) is 66.8 Å². The van der Waals surface area contributed by atoms with Gasteiger partial charge in [-0.25, -0.2) is 9.59 Å². The summed E-state index contributed by atoms with van der Waals surface area (Å²) in [5.41, 5.74) is 2.46. The summed E-state index contributed by atoms with van der Waals surface area (Å²) >= 11 is 0. The summed E-state index contributed by atoms with van der Waals surface area (Å²) in [5, 5.41) is 10.1. The minimum absolute atomic E-state index is 0.0881. The Hall–Kier alpha value is -2.82. The fraction of sp³-hybridized carbons (Fsp3) is 0.364. The molecule has 0 heterocycles. The van der Waals surface area contributed by atoms with Crippen LogP contribution in [0, 0.1) is 5.92 Å². The van der Waals surface area contributed by atoms with Crippen molar-refractivity contribution < 1.29 is 19.4 Å². The van der Waals surface area contributed by atoms with Crippen molar-refractivity contribution in [2.24, 2.45) is 5.92 Å². The number of rotatable bonds is 5. The van der Waals surface area contributed by atoms with Gasteiger partial charge in [0.25, 0.3) is 0 Å². The zero-order valence-electron chi connectivity index (χ0n) is 16.1. The number of aliphatic carboxylic acids is 1. The van der Waals surface area contributed by atoms with E-state index in [1.807, 2.05) is 62.4 Å². The molecule has 1 aliphatic carbocycles. The predicted octanol–water partition coefficient (Wildman–Crippen LogP) is 4.71. The SMILES string of the molecule is COC(=O)N(C1c2ccccc2-c2ccccc21)[C@@](C)(CC(C)C)C(=O)O. The van der Waals surface area contributed by atoms with E-state index in [1.54, 1.807) is 6.92 Å². The largest absolute Gasteiger partial charge is 0.480 e. The Labute approximate surface area is 159 Å². The van der Waals surface area contributed by atoms with E-state index in [1.165, 1.54) is 12.0 Å². The van der Waals surface area contributed by atoms with Crippen LogP contribution < -0.4 is 0 Å². The lowest BCUT2D eigenvalue weighted by Gasteiger charge is -2.42. The van der Waals surface area contributed by atoms with Crippen LogP contribution in [0.15, 0.2) is 48.5 Å². The van der Waals surface area contributed by atoms with Gasteiger partial charge in [-0.15, -0.1) is 0 Å². The van der Waals surface area contributed by atoms with E-state index >= 15 is 0 Å². The van der Waals surface area contributed by atoms with Gasteiger partial charge in [0.15, 0.2) is 0 Å². The highest BCUT2D eigenvalue weighted by Crippen LogP contribution is 2.49. The number of fused-ring (bicyclic) bond motifs is 3. The average Bonchev–Trinajstić information content (AvgIpc) is 2.96. The van der Waals surface area contributed by atoms with E-state index in [0.717, 1.165) is 22.3 Å². The Morgan fingerprint density at radius 3 is 1.96 bits per heavy atom. The van der Waals surface area contributed by atoms with Crippen molar-refractivity contribution in [3.63, 3.8) is 0 Å². The van der Waals surface area contributed by atoms with Gasteiger partial charge in [-0.2, -0.15) is 0 Å². The summed E-state index contributed by atoms with van der Waals surface area (Å²) in [5.74, 6) is -0.950. The quantitative estimate of drug-likeness (QED) is 0.831. The van der Waals surface area contributed by atoms with E-state index in [-0.39, 0.29) is 5.92 Å². The molecule has 0 aromatic heterocycles. The number of ether oxygens (including phenoxy) is 1. The molecule has 1 atom stereocenters. The molecule has 2 aromatic carbocycles. The van der Waals surface area contributed by atoms with Gasteiger partial charge in [-0.05, 0) is 41.5 Å². The Bertz CT molecular complexity index is 831. The third-order valence-corrected chi connectivity index (χ3v) is 5.23. The van der Waals surface area contributed by atoms with Gasteiger partial charge < -0.3 is 9.84 Å². The second-order valence-electron chi connectivity index (χ2n) is 7.59. The molecule has 0 saturated heterocycles. The van der Waals surface area contributed by atoms with Gasteiger partial charge in [0.1, 0.15) is 5.54 Å². The fourth-order valence-electron chi connectivity index (χ4n) is 4.18. The molecule has 0 aliphatic heterocycles. The zero-order chi connectivity index (χ0) is 19.8. The molecule has 0 saturated carbocycles. The minimum Gasteiger partial charge on any atom is -0.480 e. The molecule has 0 radical (unpaired) electrons. The van der Waals surface area contributed by atoms with Gasteiger partial charge in [0, 0.05) is 0 Å². The Kier molecular flexibility index (Phi) is 4.96. The first-order valence-electron chi connectivity index (χ1n) is 9.10. The number of carbonyl (C=O) groups excluding carboxylic acids is 1. The number of carboxylic acids is 1. The van der Waals surface area contributed by atoms with Crippen LogP contribution >= 0.6 is 0 Å². The minimum atomic E-state index is -1.41. The number of amides is 1. The predicted molar refractivity (Wildman–Crippen MR) is 103 cm³/mol. The highest BCUT2D eigenvalue weighted by atomic mass is 16.5. The van der Waals surface area contributed by atoms with Crippen molar-refractivity contribution in [2.45, 2.75) is 38.8 Å². The number of hydrogen-bond donors (Lipinski definition) is 1. The van der Waals surface area contributed by atoms with Crippen molar-refractivity contribution >= 4 is 12.1 Å². The lowest BCUT2D eigenvalue weighted by molar-refractivity contribution is -0.151. The molecule has 142 valence electrons. The van der Waals surface area contributed by atoms with Crippen LogP contribution in [0.4, 0.5) is 4.79 Å². The smallest absolute Gasteiger partial charge is 0.411 e. The molecule has 3 rings (SSSR count). The van der Waals surface area contributed by atoms with Crippen molar-refractivity contribution in [1.29, 1.82) is 0 Å². The zero-order valence-corrected chi connectivity index (χ0v) is 16.1. The van der Waals surface area contributed by atoms with Gasteiger partial charge in [-0.3, -0.25) is 4.90 Å². The first kappa shape index (κ1) is 19.0. The van der Waals surface area contributed by atoms with Crippen molar-refractivity contribution in [2.75, 3.05) is 7.11 Å². The van der Waals surface area contributed by atoms with Crippen molar-refractivity contribution in [3.05, 3.63) is 59.7 Å². The van der Waals surface area contributed by atoms with Crippen LogP contribution in [0.5, 0.6) is 0 Å². The number of carboxylic acid groups (broad SMARTS) is 1. The molecule has 5 heteroatoms. The van der Waals surface area contributed by atoms with Crippen LogP contribution in [0.25, 0.3) is 11.1 Å². The molecule has 5 nitrogen and oxygen atoms in total. The third-order valence-electron chi connectivity index (χ3n) is 5.23. The summed E-state index contributed by atoms with van der Waals surface area (Å²) < 4.78 is 5.06. The van der Waals surface area contributed by atoms with Crippen molar-refractivity contribution in [3.8, 4) is 11.1 Å². The van der Waals surface area contributed by atoms with Gasteiger partial charge in [0.05, 0.1) is 13.2 Å². The van der Waals surface area contributed by atoms with Gasteiger partial charge in [-0.1, -0.05) is 62.4 Å². The second-order valence-corrected chi connectivity index (χ2v) is 7.59. The first-order chi connectivity index (χ1) is 12.8. The summed E-state index contributed by atoms with van der Waals surface area (Å²) in [6, 6.07) is 15.1. The van der Waals surface area contributed by atoms with Crippen LogP contribution in [0.3, 0.4) is 0 Å². The maximum atomic E-state index is 12.9. The molecule has 27 heavy (non-hydrogen) atoms. The monoisotopic (exact) mass is 367 g/mol. The van der Waals surface area contributed by atoms with Gasteiger partial charge in [0.2, 0.25) is 0 Å². The standard InChI is InChI=1S/C22H25NO4/c1-14(2)13-22(3,20(24)25)23(21(26)27-4)19-17-11-7-5-9-15(17)16-10-6-8-12-18(16)19/h5-12,14,19H,13H2,1-4H3,(H,24,25)/t22-/m0/s1. The molecule has 0 spiro atoms. The van der Waals surface area contributed by atoms with E-state index in [0.29, 0.717) is 6.42 Å². The molecule has 0 fully saturated rings. The first-order valence-corrected chi connectivity index (χ1v) is 9.10. The maximum Gasteiger partial charge on any atom is 0.411 e. The summed E-state index contributed by atoms with van der Waals surface area (Å²) in [7, 11) is 1.29. The summed E-state index contributed by atoms with van der Waals surface area (Å²) in [6.07, 6.45) is -0.324. The highest BCUT2D eigenvalue weighted by Gasteiger charge is 2.50. The van der Waals surface area contributed by atoms with Crippen LogP contribution in [-0.2, 0) is 9.53 Å². The molecular weight excluding hydrogens is 342 g/mol. The van der Waals surface area contributed by atoms with Crippen LogP contribution in [0.2, 0.25) is 0 Å². The summed E-state index contributed by atoms with van der Waals surface area (Å²) in [4.78, 5) is 26.6. The van der Waals surface area contributed by atoms with E-state index in [2.05, 4.69) is 0 Å². The lowest BCUT2D eigenvalue weighted by Crippen LogP contribution is -2.57. The number of benzene rings is 2. The Balaban J connectivity index is 2.25.